The average molecular weight is 489 g/mol. The maximum Gasteiger partial charge on any atom is 0.223 e. The summed E-state index contributed by atoms with van der Waals surface area (Å²) in [5.41, 5.74) is 5.23. The molecule has 1 aromatic carbocycles. The number of allylic oxidation sites excluding steroid dienone is 1. The Bertz CT molecular complexity index is 1260. The Balaban J connectivity index is 1.27. The highest BCUT2D eigenvalue weighted by molar-refractivity contribution is 5.92. The number of carbonyl (C=O) groups is 1. The molecule has 5 rings (SSSR count). The summed E-state index contributed by atoms with van der Waals surface area (Å²) in [5.74, 6) is 1.85. The quantitative estimate of drug-likeness (QED) is 0.487. The molecule has 8 heteroatoms. The molecule has 0 radical (unpaired) electrons. The van der Waals surface area contributed by atoms with Crippen molar-refractivity contribution < 1.29 is 9.53 Å². The Morgan fingerprint density at radius 3 is 2.58 bits per heavy atom. The van der Waals surface area contributed by atoms with Crippen LogP contribution in [0.4, 0.5) is 5.82 Å². The van der Waals surface area contributed by atoms with Gasteiger partial charge in [0.25, 0.3) is 0 Å². The zero-order chi connectivity index (χ0) is 25.1. The summed E-state index contributed by atoms with van der Waals surface area (Å²) >= 11 is 0. The normalized spacial score (nSPS) is 16.8. The van der Waals surface area contributed by atoms with Gasteiger partial charge in [-0.05, 0) is 83.1 Å². The number of amides is 1. The van der Waals surface area contributed by atoms with E-state index in [9.17, 15) is 4.79 Å². The van der Waals surface area contributed by atoms with Crippen LogP contribution in [0.1, 0.15) is 56.3 Å². The van der Waals surface area contributed by atoms with E-state index in [1.807, 2.05) is 35.9 Å². The van der Waals surface area contributed by atoms with E-state index in [4.69, 9.17) is 9.84 Å². The molecule has 8 nitrogen and oxygen atoms in total. The monoisotopic (exact) mass is 488 g/mol. The lowest BCUT2D eigenvalue weighted by Gasteiger charge is -2.32. The van der Waals surface area contributed by atoms with Gasteiger partial charge in [0.05, 0.1) is 29.6 Å². The second-order valence-corrected chi connectivity index (χ2v) is 9.94. The number of benzene rings is 1. The molecule has 3 aromatic rings. The molecule has 1 N–H and O–H groups in total. The first-order valence-electron chi connectivity index (χ1n) is 13.1. The van der Waals surface area contributed by atoms with Crippen molar-refractivity contribution in [2.24, 2.45) is 5.92 Å². The molecule has 0 spiro atoms. The molecule has 0 saturated carbocycles. The molecule has 1 aliphatic carbocycles. The van der Waals surface area contributed by atoms with Gasteiger partial charge in [0, 0.05) is 25.6 Å². The van der Waals surface area contributed by atoms with E-state index in [0.29, 0.717) is 0 Å². The minimum atomic E-state index is 0.0501. The van der Waals surface area contributed by atoms with Gasteiger partial charge >= 0.3 is 0 Å². The first-order valence-corrected chi connectivity index (χ1v) is 13.1. The summed E-state index contributed by atoms with van der Waals surface area (Å²) in [6, 6.07) is 7.88. The van der Waals surface area contributed by atoms with Crippen molar-refractivity contribution >= 4 is 22.6 Å². The van der Waals surface area contributed by atoms with Crippen LogP contribution in [-0.4, -0.2) is 52.6 Å². The Hall–Kier alpha value is -3.42. The fourth-order valence-corrected chi connectivity index (χ4v) is 5.48. The molecule has 1 saturated heterocycles. The largest absolute Gasteiger partial charge is 0.497 e. The molecular formula is C28H36N6O2. The van der Waals surface area contributed by atoms with Gasteiger partial charge in [0.15, 0.2) is 5.82 Å². The number of ether oxygens (including phenoxy) is 1. The summed E-state index contributed by atoms with van der Waals surface area (Å²) < 4.78 is 7.25. The molecule has 2 aliphatic rings. The standard InChI is InChI=1S/C28H36N6O2/c1-19-25-20(2)34(23-9-11-24(36-3)12-10-23)32-26(25)27(31-30-19)33-17-14-22(15-18-33)28(35)29-16-13-21-7-5-4-6-8-21/h7,9-12,22H,4-6,8,13-18H2,1-3H3,(H,29,35). The van der Waals surface area contributed by atoms with Crippen LogP contribution in [-0.2, 0) is 4.79 Å². The lowest BCUT2D eigenvalue weighted by molar-refractivity contribution is -0.125. The summed E-state index contributed by atoms with van der Waals surface area (Å²) in [6.45, 7) is 6.33. The van der Waals surface area contributed by atoms with Crippen molar-refractivity contribution in [3.05, 3.63) is 47.3 Å². The molecule has 190 valence electrons. The predicted molar refractivity (Wildman–Crippen MR) is 142 cm³/mol. The number of nitrogens with zero attached hydrogens (tertiary/aromatic N) is 5. The van der Waals surface area contributed by atoms with Gasteiger partial charge in [-0.2, -0.15) is 10.2 Å². The lowest BCUT2D eigenvalue weighted by atomic mass is 9.95. The van der Waals surface area contributed by atoms with Crippen LogP contribution in [0.3, 0.4) is 0 Å². The molecule has 2 aromatic heterocycles. The van der Waals surface area contributed by atoms with E-state index >= 15 is 0 Å². The van der Waals surface area contributed by atoms with Gasteiger partial charge < -0.3 is 15.0 Å². The number of anilines is 1. The number of aromatic nitrogens is 4. The van der Waals surface area contributed by atoms with Crippen LogP contribution in [0.15, 0.2) is 35.9 Å². The van der Waals surface area contributed by atoms with Crippen LogP contribution in [0.25, 0.3) is 16.6 Å². The van der Waals surface area contributed by atoms with Crippen LogP contribution < -0.4 is 15.0 Å². The minimum Gasteiger partial charge on any atom is -0.497 e. The summed E-state index contributed by atoms with van der Waals surface area (Å²) in [5, 5.41) is 18.2. The van der Waals surface area contributed by atoms with Crippen LogP contribution in [0.5, 0.6) is 5.75 Å². The van der Waals surface area contributed by atoms with E-state index in [2.05, 4.69) is 33.4 Å². The van der Waals surface area contributed by atoms with E-state index in [1.54, 1.807) is 7.11 Å². The van der Waals surface area contributed by atoms with Crippen molar-refractivity contribution in [1.82, 2.24) is 25.3 Å². The molecule has 36 heavy (non-hydrogen) atoms. The number of piperidine rings is 1. The first kappa shape index (κ1) is 24.3. The molecule has 0 bridgehead atoms. The molecule has 1 amide bonds. The zero-order valence-electron chi connectivity index (χ0n) is 21.6. The predicted octanol–water partition coefficient (Wildman–Crippen LogP) is 4.66. The highest BCUT2D eigenvalue weighted by Crippen LogP contribution is 2.32. The molecule has 0 atom stereocenters. The highest BCUT2D eigenvalue weighted by Gasteiger charge is 2.28. The van der Waals surface area contributed by atoms with Gasteiger partial charge in [0.2, 0.25) is 5.91 Å². The Morgan fingerprint density at radius 2 is 1.89 bits per heavy atom. The molecule has 1 aliphatic heterocycles. The van der Waals surface area contributed by atoms with Gasteiger partial charge in [-0.15, -0.1) is 5.10 Å². The molecule has 3 heterocycles. The fraction of sp³-hybridized carbons (Fsp3) is 0.500. The summed E-state index contributed by atoms with van der Waals surface area (Å²) in [6.07, 6.45) is 9.92. The first-order chi connectivity index (χ1) is 17.5. The average Bonchev–Trinajstić information content (AvgIpc) is 3.27. The molecule has 1 fully saturated rings. The second-order valence-electron chi connectivity index (χ2n) is 9.94. The van der Waals surface area contributed by atoms with Gasteiger partial charge in [-0.25, -0.2) is 4.68 Å². The number of fused-ring (bicyclic) bond motifs is 1. The SMILES string of the molecule is COc1ccc(-n2nc3c(N4CCC(C(=O)NCCC5=CCCCC5)CC4)nnc(C)c3c2C)cc1. The van der Waals surface area contributed by atoms with E-state index < -0.39 is 0 Å². The molecule has 0 unspecified atom stereocenters. The summed E-state index contributed by atoms with van der Waals surface area (Å²) in [4.78, 5) is 15.0. The van der Waals surface area contributed by atoms with Gasteiger partial charge in [-0.1, -0.05) is 11.6 Å². The number of carbonyl (C=O) groups excluding carboxylic acids is 1. The van der Waals surface area contributed by atoms with Crippen molar-refractivity contribution in [3.8, 4) is 11.4 Å². The number of methoxy groups -OCH3 is 1. The highest BCUT2D eigenvalue weighted by atomic mass is 16.5. The maximum atomic E-state index is 12.8. The fourth-order valence-electron chi connectivity index (χ4n) is 5.48. The van der Waals surface area contributed by atoms with E-state index in [1.165, 1.54) is 31.3 Å². The second kappa shape index (κ2) is 10.7. The van der Waals surface area contributed by atoms with Crippen molar-refractivity contribution in [2.45, 2.75) is 58.8 Å². The lowest BCUT2D eigenvalue weighted by Crippen LogP contribution is -2.41. The third kappa shape index (κ3) is 4.94. The van der Waals surface area contributed by atoms with Gasteiger partial charge in [0.1, 0.15) is 11.3 Å². The number of aryl methyl sites for hydroxylation is 2. The number of rotatable bonds is 7. The maximum absolute atomic E-state index is 12.8. The topological polar surface area (TPSA) is 85.2 Å². The van der Waals surface area contributed by atoms with Crippen molar-refractivity contribution in [2.75, 3.05) is 31.6 Å². The van der Waals surface area contributed by atoms with Crippen LogP contribution in [0.2, 0.25) is 0 Å². The minimum absolute atomic E-state index is 0.0501. The third-order valence-electron chi connectivity index (χ3n) is 7.60. The van der Waals surface area contributed by atoms with Crippen LogP contribution in [0, 0.1) is 19.8 Å². The number of hydrogen-bond donors (Lipinski definition) is 1. The van der Waals surface area contributed by atoms with Crippen molar-refractivity contribution in [3.63, 3.8) is 0 Å². The molecular weight excluding hydrogens is 452 g/mol. The number of nitrogens with one attached hydrogen (secondary N) is 1. The number of hydrogen-bond acceptors (Lipinski definition) is 6. The van der Waals surface area contributed by atoms with Gasteiger partial charge in [-0.3, -0.25) is 4.79 Å². The van der Waals surface area contributed by atoms with E-state index in [-0.39, 0.29) is 11.8 Å². The zero-order valence-corrected chi connectivity index (χ0v) is 21.6. The Morgan fingerprint density at radius 1 is 1.11 bits per heavy atom. The van der Waals surface area contributed by atoms with Crippen LogP contribution >= 0.6 is 0 Å². The van der Waals surface area contributed by atoms with E-state index in [0.717, 1.165) is 78.4 Å². The third-order valence-corrected chi connectivity index (χ3v) is 7.60. The Labute approximate surface area is 212 Å². The Kier molecular flexibility index (Phi) is 7.20. The summed E-state index contributed by atoms with van der Waals surface area (Å²) in [7, 11) is 1.66. The smallest absolute Gasteiger partial charge is 0.223 e. The van der Waals surface area contributed by atoms with Crippen molar-refractivity contribution in [1.29, 1.82) is 0 Å².